The van der Waals surface area contributed by atoms with Crippen LogP contribution in [0.1, 0.15) is 0 Å². The average Bonchev–Trinajstić information content (AvgIpc) is 0.722. The standard InChI is InChI=1S/CH4O3S.Ce.2H2O/c1-5(2,3)4;;;/h1H3,(H,2,3,4);;2*1H2/q;+4;;/p-2. The number of hydrogen-bond donors (Lipinski definition) is 0. The van der Waals surface area contributed by atoms with E-state index in [1.165, 1.54) is 0 Å². The molecule has 7 heteroatoms. The van der Waals surface area contributed by atoms with E-state index in [0.717, 1.165) is 0 Å². The smallest absolute Gasteiger partial charge is 0.870 e. The average molecular weight is 270 g/mol. The van der Waals surface area contributed by atoms with Crippen molar-refractivity contribution in [2.75, 3.05) is 6.26 Å². The molecule has 0 saturated carbocycles. The van der Waals surface area contributed by atoms with Crippen LogP contribution in [0.5, 0.6) is 0 Å². The minimum absolute atomic E-state index is 0. The molecule has 0 bridgehead atoms. The molecule has 3 N–H and O–H groups in total. The molecule has 0 fully saturated rings. The SMILES string of the molecule is CS(=O)(=O)[O-].O.[Ce+4].[OH-]. The van der Waals surface area contributed by atoms with Crippen LogP contribution < -0.4 is 0 Å². The molecule has 0 atom stereocenters. The van der Waals surface area contributed by atoms with E-state index in [9.17, 15) is 0 Å². The minimum Gasteiger partial charge on any atom is -0.870 e. The van der Waals surface area contributed by atoms with Crippen LogP contribution in [0.15, 0.2) is 0 Å². The van der Waals surface area contributed by atoms with Gasteiger partial charge in [0.25, 0.3) is 0 Å². The molecule has 0 saturated heterocycles. The molecule has 0 radical (unpaired) electrons. The Kier molecular flexibility index (Phi) is 23.5. The first kappa shape index (κ1) is 22.9. The molecule has 0 aromatic heterocycles. The van der Waals surface area contributed by atoms with Crippen molar-refractivity contribution in [2.45, 2.75) is 0 Å². The summed E-state index contributed by atoms with van der Waals surface area (Å²) in [5.74, 6) is 0. The van der Waals surface area contributed by atoms with Crippen LogP contribution in [0, 0.1) is 41.7 Å². The number of rotatable bonds is 0. The largest absolute Gasteiger partial charge is 4.00 e. The molecule has 0 rings (SSSR count). The Balaban J connectivity index is -0.0000000267. The zero-order valence-electron chi connectivity index (χ0n) is 4.08. The molecule has 0 aromatic carbocycles. The summed E-state index contributed by atoms with van der Waals surface area (Å²) in [6.07, 6.45) is 0.604. The zero-order chi connectivity index (χ0) is 4.50. The van der Waals surface area contributed by atoms with E-state index in [0.29, 0.717) is 6.26 Å². The Morgan fingerprint density at radius 2 is 1.38 bits per heavy atom. The number of hydrogen-bond acceptors (Lipinski definition) is 4. The summed E-state index contributed by atoms with van der Waals surface area (Å²) in [7, 11) is -3.92. The third-order valence-corrected chi connectivity index (χ3v) is 0. The molecule has 0 aliphatic heterocycles. The predicted octanol–water partition coefficient (Wildman–Crippen LogP) is -1.84. The van der Waals surface area contributed by atoms with E-state index in [-0.39, 0.29) is 52.7 Å². The fourth-order valence-electron chi connectivity index (χ4n) is 0. The maximum Gasteiger partial charge on any atom is 4.00 e. The molecule has 0 aliphatic carbocycles. The van der Waals surface area contributed by atoms with Crippen LogP contribution in [0.2, 0.25) is 0 Å². The molecule has 5 nitrogen and oxygen atoms in total. The quantitative estimate of drug-likeness (QED) is 0.480. The second-order valence-corrected chi connectivity index (χ2v) is 2.11. The summed E-state index contributed by atoms with van der Waals surface area (Å²) in [5, 5.41) is 0. The van der Waals surface area contributed by atoms with Crippen molar-refractivity contribution in [3.8, 4) is 0 Å². The van der Waals surface area contributed by atoms with Crippen molar-refractivity contribution in [1.82, 2.24) is 0 Å². The summed E-state index contributed by atoms with van der Waals surface area (Å²) in [6, 6.07) is 0. The van der Waals surface area contributed by atoms with E-state index in [4.69, 9.17) is 13.0 Å². The summed E-state index contributed by atoms with van der Waals surface area (Å²) >= 11 is 0. The van der Waals surface area contributed by atoms with Gasteiger partial charge in [-0.3, -0.25) is 0 Å². The van der Waals surface area contributed by atoms with E-state index >= 15 is 0 Å². The summed E-state index contributed by atoms with van der Waals surface area (Å²) in [5.41, 5.74) is 0. The molecular formula is CH6CeO5S+2. The fourth-order valence-corrected chi connectivity index (χ4v) is 0. The molecule has 0 aliphatic rings. The molecule has 8 heavy (non-hydrogen) atoms. The normalized spacial score (nSPS) is 7.25. The molecule has 48 valence electrons. The van der Waals surface area contributed by atoms with Gasteiger partial charge in [0.15, 0.2) is 0 Å². The second kappa shape index (κ2) is 8.21. The van der Waals surface area contributed by atoms with Gasteiger partial charge in [-0.25, -0.2) is 8.42 Å². The van der Waals surface area contributed by atoms with Crippen LogP contribution in [0.3, 0.4) is 0 Å². The van der Waals surface area contributed by atoms with Crippen molar-refractivity contribution in [3.63, 3.8) is 0 Å². The fraction of sp³-hybridized carbons (Fsp3) is 1.00. The van der Waals surface area contributed by atoms with Gasteiger partial charge in [0.1, 0.15) is 0 Å². The van der Waals surface area contributed by atoms with E-state index in [1.807, 2.05) is 0 Å². The van der Waals surface area contributed by atoms with Crippen molar-refractivity contribution in [3.05, 3.63) is 0 Å². The molecule has 0 aromatic rings. The minimum atomic E-state index is -3.92. The van der Waals surface area contributed by atoms with Crippen molar-refractivity contribution in [1.29, 1.82) is 0 Å². The maximum absolute atomic E-state index is 9.08. The summed E-state index contributed by atoms with van der Waals surface area (Å²) in [6.45, 7) is 0. The maximum atomic E-state index is 9.08. The topological polar surface area (TPSA) is 119 Å². The summed E-state index contributed by atoms with van der Waals surface area (Å²) in [4.78, 5) is 0. The van der Waals surface area contributed by atoms with Crippen LogP contribution >= 0.6 is 0 Å². The zero-order valence-corrected chi connectivity index (χ0v) is 8.04. The monoisotopic (exact) mass is 270 g/mol. The van der Waals surface area contributed by atoms with Gasteiger partial charge in [0.2, 0.25) is 0 Å². The van der Waals surface area contributed by atoms with Crippen LogP contribution in [0.4, 0.5) is 0 Å². The summed E-state index contributed by atoms with van der Waals surface area (Å²) < 4.78 is 27.2. The molecular weight excluding hydrogens is 264 g/mol. The van der Waals surface area contributed by atoms with Crippen molar-refractivity contribution in [2.24, 2.45) is 0 Å². The van der Waals surface area contributed by atoms with E-state index in [2.05, 4.69) is 0 Å². The molecule has 0 heterocycles. The predicted molar refractivity (Wildman–Crippen MR) is 21.2 cm³/mol. The van der Waals surface area contributed by atoms with E-state index < -0.39 is 10.1 Å². The molecule has 0 amide bonds. The third-order valence-electron chi connectivity index (χ3n) is 0. The van der Waals surface area contributed by atoms with E-state index in [1.54, 1.807) is 0 Å². The first-order chi connectivity index (χ1) is 2.00. The van der Waals surface area contributed by atoms with Gasteiger partial charge in [0.05, 0.1) is 10.1 Å². The Hall–Kier alpha value is 1.21. The second-order valence-electron chi connectivity index (χ2n) is 0.704. The molecule has 0 unspecified atom stereocenters. The third kappa shape index (κ3) is 191. The van der Waals surface area contributed by atoms with Gasteiger partial charge < -0.3 is 15.5 Å². The Morgan fingerprint density at radius 3 is 1.38 bits per heavy atom. The Morgan fingerprint density at radius 1 is 1.38 bits per heavy atom. The van der Waals surface area contributed by atoms with Crippen LogP contribution in [-0.4, -0.2) is 30.2 Å². The van der Waals surface area contributed by atoms with Gasteiger partial charge in [-0.1, -0.05) is 0 Å². The van der Waals surface area contributed by atoms with Gasteiger partial charge in [-0.15, -0.1) is 0 Å². The van der Waals surface area contributed by atoms with Gasteiger partial charge in [0, 0.05) is 6.26 Å². The van der Waals surface area contributed by atoms with Gasteiger partial charge in [-0.05, 0) is 0 Å². The van der Waals surface area contributed by atoms with Gasteiger partial charge >= 0.3 is 41.7 Å². The first-order valence-electron chi connectivity index (χ1n) is 0.908. The van der Waals surface area contributed by atoms with Gasteiger partial charge in [-0.2, -0.15) is 0 Å². The Bertz CT molecular complexity index is 95.6. The van der Waals surface area contributed by atoms with Crippen molar-refractivity contribution >= 4 is 10.1 Å². The first-order valence-corrected chi connectivity index (χ1v) is 2.72. The van der Waals surface area contributed by atoms with Crippen LogP contribution in [-0.2, 0) is 10.1 Å². The Labute approximate surface area is 81.2 Å². The van der Waals surface area contributed by atoms with Crippen molar-refractivity contribution < 1.29 is 65.7 Å². The van der Waals surface area contributed by atoms with Crippen LogP contribution in [0.25, 0.3) is 0 Å². The molecule has 0 spiro atoms.